The molecule has 1 aromatic carbocycles. The van der Waals surface area contributed by atoms with Crippen LogP contribution in [0, 0.1) is 0 Å². The number of nitrogens with one attached hydrogen (secondary N) is 2. The standard InChI is InChI=1S/C18H21N3O4S/c22-15(10-19-17(24)12-6-2-1-3-7-12)20-13-8-4-5-9-14(13)21-16(23)11-26-18(21)25/h1-3,6-7,13-14H,4-5,8-11H2,(H,19,24)(H,20,22). The van der Waals surface area contributed by atoms with Gasteiger partial charge in [-0.1, -0.05) is 42.8 Å². The third-order valence-corrected chi connectivity index (χ3v) is 5.47. The zero-order valence-electron chi connectivity index (χ0n) is 14.3. The van der Waals surface area contributed by atoms with E-state index in [4.69, 9.17) is 0 Å². The Kier molecular flexibility index (Phi) is 5.92. The van der Waals surface area contributed by atoms with E-state index in [1.165, 1.54) is 4.90 Å². The van der Waals surface area contributed by atoms with Gasteiger partial charge >= 0.3 is 0 Å². The molecule has 1 saturated heterocycles. The molecule has 1 saturated carbocycles. The van der Waals surface area contributed by atoms with Crippen LogP contribution in [0.4, 0.5) is 4.79 Å². The molecule has 0 aromatic heterocycles. The van der Waals surface area contributed by atoms with Crippen molar-refractivity contribution in [3.8, 4) is 0 Å². The van der Waals surface area contributed by atoms with E-state index in [9.17, 15) is 19.2 Å². The summed E-state index contributed by atoms with van der Waals surface area (Å²) in [5.41, 5.74) is 0.487. The Morgan fingerprint density at radius 1 is 1.12 bits per heavy atom. The number of nitrogens with zero attached hydrogens (tertiary/aromatic N) is 1. The van der Waals surface area contributed by atoms with E-state index >= 15 is 0 Å². The molecule has 1 heterocycles. The molecule has 7 nitrogen and oxygen atoms in total. The number of thioether (sulfide) groups is 1. The van der Waals surface area contributed by atoms with Gasteiger partial charge in [-0.2, -0.15) is 0 Å². The fourth-order valence-corrected chi connectivity index (χ4v) is 4.15. The highest BCUT2D eigenvalue weighted by molar-refractivity contribution is 8.14. The Balaban J connectivity index is 1.56. The third kappa shape index (κ3) is 4.24. The summed E-state index contributed by atoms with van der Waals surface area (Å²) < 4.78 is 0. The molecule has 1 aliphatic heterocycles. The molecular formula is C18H21N3O4S. The van der Waals surface area contributed by atoms with Crippen molar-refractivity contribution in [3.05, 3.63) is 35.9 Å². The lowest BCUT2D eigenvalue weighted by molar-refractivity contribution is -0.128. The van der Waals surface area contributed by atoms with Crippen LogP contribution in [0.1, 0.15) is 36.0 Å². The molecule has 138 valence electrons. The van der Waals surface area contributed by atoms with Crippen LogP contribution in [0.3, 0.4) is 0 Å². The molecule has 0 spiro atoms. The van der Waals surface area contributed by atoms with Crippen LogP contribution in [0.2, 0.25) is 0 Å². The number of benzene rings is 1. The van der Waals surface area contributed by atoms with Crippen LogP contribution >= 0.6 is 11.8 Å². The molecule has 1 aromatic rings. The topological polar surface area (TPSA) is 95.6 Å². The highest BCUT2D eigenvalue weighted by Gasteiger charge is 2.41. The van der Waals surface area contributed by atoms with Gasteiger partial charge in [-0.25, -0.2) is 0 Å². The van der Waals surface area contributed by atoms with E-state index < -0.39 is 0 Å². The van der Waals surface area contributed by atoms with Crippen molar-refractivity contribution in [2.24, 2.45) is 0 Å². The van der Waals surface area contributed by atoms with Crippen LogP contribution in [-0.2, 0) is 9.59 Å². The van der Waals surface area contributed by atoms with Gasteiger partial charge in [-0.15, -0.1) is 0 Å². The number of amides is 4. The third-order valence-electron chi connectivity index (χ3n) is 4.64. The monoisotopic (exact) mass is 375 g/mol. The predicted octanol–water partition coefficient (Wildman–Crippen LogP) is 1.54. The summed E-state index contributed by atoms with van der Waals surface area (Å²) in [7, 11) is 0. The second kappa shape index (κ2) is 8.35. The molecule has 2 unspecified atom stereocenters. The van der Waals surface area contributed by atoms with Gasteiger partial charge < -0.3 is 10.6 Å². The van der Waals surface area contributed by atoms with Crippen molar-refractivity contribution in [1.29, 1.82) is 0 Å². The van der Waals surface area contributed by atoms with Crippen LogP contribution in [0.5, 0.6) is 0 Å². The number of carbonyl (C=O) groups excluding carboxylic acids is 4. The second-order valence-corrected chi connectivity index (χ2v) is 7.32. The fraction of sp³-hybridized carbons (Fsp3) is 0.444. The van der Waals surface area contributed by atoms with Crippen LogP contribution in [0.25, 0.3) is 0 Å². The van der Waals surface area contributed by atoms with E-state index in [0.717, 1.165) is 24.6 Å². The molecule has 2 fully saturated rings. The quantitative estimate of drug-likeness (QED) is 0.814. The van der Waals surface area contributed by atoms with Gasteiger partial charge in [0, 0.05) is 11.6 Å². The summed E-state index contributed by atoms with van der Waals surface area (Å²) in [6.07, 6.45) is 3.26. The maximum atomic E-state index is 12.3. The predicted molar refractivity (Wildman–Crippen MR) is 97.7 cm³/mol. The lowest BCUT2D eigenvalue weighted by Gasteiger charge is -2.36. The Morgan fingerprint density at radius 3 is 2.54 bits per heavy atom. The zero-order valence-corrected chi connectivity index (χ0v) is 15.1. The van der Waals surface area contributed by atoms with Gasteiger partial charge in [-0.3, -0.25) is 24.1 Å². The van der Waals surface area contributed by atoms with E-state index in [2.05, 4.69) is 10.6 Å². The normalized spacial score (nSPS) is 23.0. The van der Waals surface area contributed by atoms with Crippen LogP contribution in [0.15, 0.2) is 30.3 Å². The highest BCUT2D eigenvalue weighted by atomic mass is 32.2. The molecule has 1 aliphatic carbocycles. The van der Waals surface area contributed by atoms with Crippen molar-refractivity contribution in [1.82, 2.24) is 15.5 Å². The first kappa shape index (κ1) is 18.4. The number of carbonyl (C=O) groups is 4. The Morgan fingerprint density at radius 2 is 1.85 bits per heavy atom. The first-order valence-electron chi connectivity index (χ1n) is 8.67. The number of hydrogen-bond acceptors (Lipinski definition) is 5. The minimum atomic E-state index is -0.321. The lowest BCUT2D eigenvalue weighted by atomic mass is 9.89. The van der Waals surface area contributed by atoms with Gasteiger partial charge in [0.15, 0.2) is 0 Å². The minimum Gasteiger partial charge on any atom is -0.350 e. The van der Waals surface area contributed by atoms with Crippen LogP contribution < -0.4 is 10.6 Å². The Hall–Kier alpha value is -2.35. The van der Waals surface area contributed by atoms with Crippen LogP contribution in [-0.4, -0.2) is 52.2 Å². The summed E-state index contributed by atoms with van der Waals surface area (Å²) in [6.45, 7) is -0.145. The van der Waals surface area contributed by atoms with Gasteiger partial charge in [0.05, 0.1) is 18.3 Å². The minimum absolute atomic E-state index is 0.145. The maximum Gasteiger partial charge on any atom is 0.289 e. The Labute approximate surface area is 155 Å². The van der Waals surface area contributed by atoms with E-state index in [1.807, 2.05) is 6.07 Å². The zero-order chi connectivity index (χ0) is 18.5. The van der Waals surface area contributed by atoms with Gasteiger partial charge in [-0.05, 0) is 25.0 Å². The van der Waals surface area contributed by atoms with Crippen molar-refractivity contribution in [2.45, 2.75) is 37.8 Å². The molecule has 2 atom stereocenters. The lowest BCUT2D eigenvalue weighted by Crippen LogP contribution is -2.55. The summed E-state index contributed by atoms with van der Waals surface area (Å²) in [4.78, 5) is 49.6. The van der Waals surface area contributed by atoms with E-state index in [0.29, 0.717) is 18.4 Å². The highest BCUT2D eigenvalue weighted by Crippen LogP contribution is 2.30. The number of rotatable bonds is 5. The molecule has 0 bridgehead atoms. The first-order valence-corrected chi connectivity index (χ1v) is 9.66. The average molecular weight is 375 g/mol. The molecule has 4 amide bonds. The number of imide groups is 1. The first-order chi connectivity index (χ1) is 12.6. The molecule has 26 heavy (non-hydrogen) atoms. The SMILES string of the molecule is O=C(CNC(=O)c1ccccc1)NC1CCCCC1N1C(=O)CSC1=O. The molecular weight excluding hydrogens is 354 g/mol. The summed E-state index contributed by atoms with van der Waals surface area (Å²) >= 11 is 1.01. The maximum absolute atomic E-state index is 12.3. The van der Waals surface area contributed by atoms with E-state index in [-0.39, 0.29) is 47.3 Å². The van der Waals surface area contributed by atoms with Crippen molar-refractivity contribution < 1.29 is 19.2 Å². The summed E-state index contributed by atoms with van der Waals surface area (Å²) in [5, 5.41) is 5.23. The molecule has 8 heteroatoms. The molecule has 0 radical (unpaired) electrons. The van der Waals surface area contributed by atoms with Crippen molar-refractivity contribution in [2.75, 3.05) is 12.3 Å². The van der Waals surface area contributed by atoms with Crippen molar-refractivity contribution >= 4 is 34.7 Å². The number of hydrogen-bond donors (Lipinski definition) is 2. The largest absolute Gasteiger partial charge is 0.350 e. The second-order valence-electron chi connectivity index (χ2n) is 6.39. The van der Waals surface area contributed by atoms with Gasteiger partial charge in [0.25, 0.3) is 11.1 Å². The van der Waals surface area contributed by atoms with E-state index in [1.54, 1.807) is 24.3 Å². The van der Waals surface area contributed by atoms with Crippen molar-refractivity contribution in [3.63, 3.8) is 0 Å². The molecule has 3 rings (SSSR count). The van der Waals surface area contributed by atoms with Gasteiger partial charge in [0.1, 0.15) is 0 Å². The molecule has 2 aliphatic rings. The summed E-state index contributed by atoms with van der Waals surface area (Å²) in [6, 6.07) is 8.10. The fourth-order valence-electron chi connectivity index (χ4n) is 3.38. The Bertz CT molecular complexity index is 694. The molecule has 2 N–H and O–H groups in total. The smallest absolute Gasteiger partial charge is 0.289 e. The summed E-state index contributed by atoms with van der Waals surface area (Å²) in [5.74, 6) is -0.660. The average Bonchev–Trinajstić information content (AvgIpc) is 2.99. The van der Waals surface area contributed by atoms with Gasteiger partial charge in [0.2, 0.25) is 11.8 Å².